The maximum atomic E-state index is 11.8. The lowest BCUT2D eigenvalue weighted by molar-refractivity contribution is -0.152. The second kappa shape index (κ2) is 8.60. The van der Waals surface area contributed by atoms with E-state index in [1.54, 1.807) is 26.8 Å². The molecule has 0 aliphatic carbocycles. The molecule has 0 bridgehead atoms. The summed E-state index contributed by atoms with van der Waals surface area (Å²) in [6.45, 7) is 5.29. The second-order valence-electron chi connectivity index (χ2n) is 5.86. The molecule has 0 aliphatic heterocycles. The number of esters is 2. The maximum absolute atomic E-state index is 11.8. The Morgan fingerprint density at radius 1 is 1.17 bits per heavy atom. The number of methoxy groups -OCH3 is 3. The van der Waals surface area contributed by atoms with E-state index < -0.39 is 23.8 Å². The molecule has 1 rings (SSSR count). The van der Waals surface area contributed by atoms with Gasteiger partial charge in [0.25, 0.3) is 0 Å². The van der Waals surface area contributed by atoms with E-state index in [1.165, 1.54) is 27.4 Å². The van der Waals surface area contributed by atoms with Crippen LogP contribution in [0.1, 0.15) is 43.1 Å². The quantitative estimate of drug-likeness (QED) is 0.594. The summed E-state index contributed by atoms with van der Waals surface area (Å²) < 4.78 is 20.2. The molecule has 0 amide bonds. The molecule has 0 atom stereocenters. The fourth-order valence-electron chi connectivity index (χ4n) is 1.90. The van der Waals surface area contributed by atoms with Gasteiger partial charge in [0.05, 0.1) is 12.7 Å². The minimum absolute atomic E-state index is 0.0636. The lowest BCUT2D eigenvalue weighted by atomic mass is 10.2. The largest absolute Gasteiger partial charge is 0.465 e. The van der Waals surface area contributed by atoms with Crippen LogP contribution >= 0.6 is 0 Å². The first-order valence-electron chi connectivity index (χ1n) is 7.32. The molecule has 1 heterocycles. The van der Waals surface area contributed by atoms with Crippen LogP contribution in [0, 0.1) is 0 Å². The normalized spacial score (nSPS) is 11.3. The molecule has 0 aromatic carbocycles. The van der Waals surface area contributed by atoms with E-state index >= 15 is 0 Å². The molecular weight excluding hydrogens is 316 g/mol. The van der Waals surface area contributed by atoms with Crippen LogP contribution in [0.15, 0.2) is 12.1 Å². The molecule has 24 heavy (non-hydrogen) atoms. The number of nitrogens with zero attached hydrogens (tertiary/aromatic N) is 1. The van der Waals surface area contributed by atoms with Crippen LogP contribution in [0.3, 0.4) is 0 Å². The van der Waals surface area contributed by atoms with E-state index in [-0.39, 0.29) is 17.8 Å². The van der Waals surface area contributed by atoms with Gasteiger partial charge in [0.1, 0.15) is 23.7 Å². The van der Waals surface area contributed by atoms with Crippen LogP contribution in [-0.4, -0.2) is 50.4 Å². The Kier molecular flexibility index (Phi) is 7.12. The van der Waals surface area contributed by atoms with Crippen molar-refractivity contribution >= 4 is 17.8 Å². The van der Waals surface area contributed by atoms with Crippen molar-refractivity contribution in [3.05, 3.63) is 23.4 Å². The monoisotopic (exact) mass is 340 g/mol. The van der Waals surface area contributed by atoms with Gasteiger partial charge in [-0.15, -0.1) is 0 Å². The Labute approximate surface area is 141 Å². The summed E-state index contributed by atoms with van der Waals surface area (Å²) >= 11 is 0. The van der Waals surface area contributed by atoms with E-state index in [1.807, 2.05) is 0 Å². The number of ether oxygens (including phenoxy) is 4. The third-order valence-corrected chi connectivity index (χ3v) is 2.82. The van der Waals surface area contributed by atoms with Crippen molar-refractivity contribution in [2.75, 3.05) is 33.2 Å². The standard InChI is InChI=1S/C16H24N2O6/c1-16(2,3)24-12(19)9-17-11-8-7-10(14(20)21-4)13(18-11)15(22-5)23-6/h7-8,15H,9H2,1-6H3,(H,17,18). The third-order valence-electron chi connectivity index (χ3n) is 2.82. The van der Waals surface area contributed by atoms with Gasteiger partial charge in [0.2, 0.25) is 6.29 Å². The fourth-order valence-corrected chi connectivity index (χ4v) is 1.90. The minimum atomic E-state index is -0.845. The number of hydrogen-bond donors (Lipinski definition) is 1. The van der Waals surface area contributed by atoms with Gasteiger partial charge in [0.15, 0.2) is 0 Å². The highest BCUT2D eigenvalue weighted by molar-refractivity contribution is 5.91. The highest BCUT2D eigenvalue weighted by atomic mass is 16.7. The van der Waals surface area contributed by atoms with E-state index in [0.29, 0.717) is 5.82 Å². The van der Waals surface area contributed by atoms with E-state index in [9.17, 15) is 9.59 Å². The zero-order valence-corrected chi connectivity index (χ0v) is 14.8. The number of rotatable bonds is 7. The van der Waals surface area contributed by atoms with Crippen LogP contribution in [0.2, 0.25) is 0 Å². The molecular formula is C16H24N2O6. The Morgan fingerprint density at radius 3 is 2.29 bits per heavy atom. The van der Waals surface area contributed by atoms with Gasteiger partial charge in [0, 0.05) is 14.2 Å². The highest BCUT2D eigenvalue weighted by Crippen LogP contribution is 2.22. The van der Waals surface area contributed by atoms with Crippen LogP contribution in [0.5, 0.6) is 0 Å². The average molecular weight is 340 g/mol. The van der Waals surface area contributed by atoms with E-state index in [0.717, 1.165) is 0 Å². The van der Waals surface area contributed by atoms with Gasteiger partial charge in [-0.1, -0.05) is 0 Å². The molecule has 1 N–H and O–H groups in total. The van der Waals surface area contributed by atoms with Crippen LogP contribution in [0.4, 0.5) is 5.82 Å². The third kappa shape index (κ3) is 5.78. The van der Waals surface area contributed by atoms with Crippen molar-refractivity contribution in [3.63, 3.8) is 0 Å². The number of anilines is 1. The van der Waals surface area contributed by atoms with Crippen molar-refractivity contribution in [2.45, 2.75) is 32.7 Å². The first kappa shape index (κ1) is 19.9. The highest BCUT2D eigenvalue weighted by Gasteiger charge is 2.22. The van der Waals surface area contributed by atoms with Gasteiger partial charge in [-0.05, 0) is 32.9 Å². The molecule has 0 saturated carbocycles. The van der Waals surface area contributed by atoms with Crippen LogP contribution in [0.25, 0.3) is 0 Å². The summed E-state index contributed by atoms with van der Waals surface area (Å²) in [5.74, 6) is -0.601. The molecule has 134 valence electrons. The average Bonchev–Trinajstić information content (AvgIpc) is 2.52. The van der Waals surface area contributed by atoms with Crippen molar-refractivity contribution in [1.82, 2.24) is 4.98 Å². The smallest absolute Gasteiger partial charge is 0.339 e. The zero-order chi connectivity index (χ0) is 18.3. The molecule has 8 heteroatoms. The Bertz CT molecular complexity index is 578. The molecule has 1 aromatic heterocycles. The molecule has 8 nitrogen and oxygen atoms in total. The van der Waals surface area contributed by atoms with Crippen molar-refractivity contribution in [2.24, 2.45) is 0 Å². The molecule has 1 aromatic rings. The Balaban J connectivity index is 2.96. The topological polar surface area (TPSA) is 96.0 Å². The lowest BCUT2D eigenvalue weighted by Gasteiger charge is -2.20. The maximum Gasteiger partial charge on any atom is 0.339 e. The molecule has 0 unspecified atom stereocenters. The number of carbonyl (C=O) groups excluding carboxylic acids is 2. The summed E-state index contributed by atoms with van der Waals surface area (Å²) in [7, 11) is 4.13. The molecule has 0 radical (unpaired) electrons. The number of aromatic nitrogens is 1. The number of nitrogens with one attached hydrogen (secondary N) is 1. The summed E-state index contributed by atoms with van der Waals surface area (Å²) in [6, 6.07) is 3.08. The number of pyridine rings is 1. The van der Waals surface area contributed by atoms with Gasteiger partial charge in [-0.3, -0.25) is 4.79 Å². The van der Waals surface area contributed by atoms with Crippen LogP contribution < -0.4 is 5.32 Å². The summed E-state index contributed by atoms with van der Waals surface area (Å²) in [6.07, 6.45) is -0.845. The summed E-state index contributed by atoms with van der Waals surface area (Å²) in [5, 5.41) is 2.85. The molecule has 0 spiro atoms. The Hall–Kier alpha value is -2.19. The molecule has 0 aliphatic rings. The van der Waals surface area contributed by atoms with E-state index in [2.05, 4.69) is 10.3 Å². The van der Waals surface area contributed by atoms with Crippen molar-refractivity contribution in [1.29, 1.82) is 0 Å². The van der Waals surface area contributed by atoms with Gasteiger partial charge in [-0.25, -0.2) is 9.78 Å². The number of hydrogen-bond acceptors (Lipinski definition) is 8. The first-order chi connectivity index (χ1) is 11.2. The van der Waals surface area contributed by atoms with Gasteiger partial charge in [-0.2, -0.15) is 0 Å². The van der Waals surface area contributed by atoms with Crippen LogP contribution in [-0.2, 0) is 23.7 Å². The second-order valence-corrected chi connectivity index (χ2v) is 5.86. The Morgan fingerprint density at radius 2 is 1.79 bits per heavy atom. The molecule has 0 saturated heterocycles. The predicted molar refractivity (Wildman–Crippen MR) is 86.7 cm³/mol. The summed E-state index contributed by atoms with van der Waals surface area (Å²) in [5.41, 5.74) is -0.0985. The summed E-state index contributed by atoms with van der Waals surface area (Å²) in [4.78, 5) is 27.9. The first-order valence-corrected chi connectivity index (χ1v) is 7.32. The SMILES string of the molecule is COC(=O)c1ccc(NCC(=O)OC(C)(C)C)nc1C(OC)OC. The van der Waals surface area contributed by atoms with E-state index in [4.69, 9.17) is 18.9 Å². The molecule has 0 fully saturated rings. The lowest BCUT2D eigenvalue weighted by Crippen LogP contribution is -2.28. The number of carbonyl (C=O) groups is 2. The fraction of sp³-hybridized carbons (Fsp3) is 0.562. The van der Waals surface area contributed by atoms with Crippen molar-refractivity contribution < 1.29 is 28.5 Å². The van der Waals surface area contributed by atoms with Gasteiger partial charge >= 0.3 is 11.9 Å². The van der Waals surface area contributed by atoms with Crippen molar-refractivity contribution in [3.8, 4) is 0 Å². The zero-order valence-electron chi connectivity index (χ0n) is 14.8. The predicted octanol–water partition coefficient (Wildman–Crippen LogP) is 1.91. The van der Waals surface area contributed by atoms with Gasteiger partial charge < -0.3 is 24.3 Å². The minimum Gasteiger partial charge on any atom is -0.465 e.